The van der Waals surface area contributed by atoms with E-state index in [0.717, 1.165) is 28.3 Å². The highest BCUT2D eigenvalue weighted by molar-refractivity contribution is 7.26. The molecule has 0 aliphatic heterocycles. The predicted molar refractivity (Wildman–Crippen MR) is 237 cm³/mol. The summed E-state index contributed by atoms with van der Waals surface area (Å²) < 4.78 is 5.03. The van der Waals surface area contributed by atoms with Crippen molar-refractivity contribution in [1.82, 2.24) is 4.57 Å². The van der Waals surface area contributed by atoms with Crippen LogP contribution in [0.15, 0.2) is 206 Å². The van der Waals surface area contributed by atoms with Crippen molar-refractivity contribution in [2.75, 3.05) is 4.90 Å². The molecule has 9 aromatic carbocycles. The standard InChI is InChI=1S/C52H34N2S/c1-2-16-35(17-3-1)37-19-14-20-38(34-37)53(47-29-15-31-50-52(47)43-25-9-13-30-49(43)55-50)46-28-12-8-24-42(46)51-39-21-5-4-18-36(39)32-33-48(51)54-44-26-10-6-22-40(44)41-23-7-11-27-45(41)54/h1-34H. The first kappa shape index (κ1) is 31.6. The minimum absolute atomic E-state index is 1.11. The van der Waals surface area contributed by atoms with Crippen LogP contribution < -0.4 is 4.90 Å². The summed E-state index contributed by atoms with van der Waals surface area (Å²) in [5.41, 5.74) is 11.7. The third-order valence-corrected chi connectivity index (χ3v) is 12.1. The fraction of sp³-hybridized carbons (Fsp3) is 0. The summed E-state index contributed by atoms with van der Waals surface area (Å²) in [7, 11) is 0. The SMILES string of the molecule is c1ccc(-c2cccc(N(c3ccccc3-c3c(-n4c5ccccc5c5ccccc54)ccc4ccccc34)c3cccc4sc5ccccc5c34)c2)cc1. The molecule has 0 atom stereocenters. The van der Waals surface area contributed by atoms with E-state index >= 15 is 0 Å². The summed E-state index contributed by atoms with van der Waals surface area (Å²) in [6.07, 6.45) is 0. The highest BCUT2D eigenvalue weighted by atomic mass is 32.1. The second kappa shape index (κ2) is 12.9. The van der Waals surface area contributed by atoms with E-state index in [0.29, 0.717) is 0 Å². The van der Waals surface area contributed by atoms with Crippen molar-refractivity contribution < 1.29 is 0 Å². The molecule has 55 heavy (non-hydrogen) atoms. The van der Waals surface area contributed by atoms with Crippen molar-refractivity contribution >= 4 is 81.1 Å². The van der Waals surface area contributed by atoms with Crippen LogP contribution in [-0.2, 0) is 0 Å². The van der Waals surface area contributed by atoms with E-state index < -0.39 is 0 Å². The molecule has 2 aromatic heterocycles. The molecule has 0 saturated carbocycles. The Morgan fingerprint density at radius 2 is 1.00 bits per heavy atom. The van der Waals surface area contributed by atoms with Crippen LogP contribution in [0, 0.1) is 0 Å². The predicted octanol–water partition coefficient (Wildman–Crippen LogP) is 15.1. The highest BCUT2D eigenvalue weighted by Crippen LogP contribution is 2.50. The lowest BCUT2D eigenvalue weighted by Gasteiger charge is -2.30. The Morgan fingerprint density at radius 1 is 0.400 bits per heavy atom. The zero-order valence-corrected chi connectivity index (χ0v) is 30.7. The normalized spacial score (nSPS) is 11.6. The van der Waals surface area contributed by atoms with Crippen LogP contribution in [0.25, 0.3) is 80.7 Å². The summed E-state index contributed by atoms with van der Waals surface area (Å²) in [6.45, 7) is 0. The molecule has 11 aromatic rings. The van der Waals surface area contributed by atoms with Crippen molar-refractivity contribution in [3.63, 3.8) is 0 Å². The monoisotopic (exact) mass is 718 g/mol. The Bertz CT molecular complexity index is 3170. The molecule has 3 heteroatoms. The van der Waals surface area contributed by atoms with Gasteiger partial charge in [-0.2, -0.15) is 0 Å². The number of anilines is 3. The maximum Gasteiger partial charge on any atom is 0.0555 e. The number of thiophene rings is 1. The highest BCUT2D eigenvalue weighted by Gasteiger charge is 2.25. The second-order valence-corrected chi connectivity index (χ2v) is 15.2. The van der Waals surface area contributed by atoms with E-state index in [2.05, 4.69) is 216 Å². The van der Waals surface area contributed by atoms with Crippen molar-refractivity contribution in [3.8, 4) is 27.9 Å². The Kier molecular flexibility index (Phi) is 7.39. The van der Waals surface area contributed by atoms with E-state index in [4.69, 9.17) is 0 Å². The van der Waals surface area contributed by atoms with Gasteiger partial charge in [0.05, 0.1) is 28.1 Å². The van der Waals surface area contributed by atoms with Gasteiger partial charge < -0.3 is 9.47 Å². The molecule has 0 N–H and O–H groups in total. The summed E-state index contributed by atoms with van der Waals surface area (Å²) in [5.74, 6) is 0. The number of hydrogen-bond acceptors (Lipinski definition) is 2. The van der Waals surface area contributed by atoms with E-state index in [9.17, 15) is 0 Å². The van der Waals surface area contributed by atoms with Gasteiger partial charge in [0.25, 0.3) is 0 Å². The number of hydrogen-bond donors (Lipinski definition) is 0. The molecular weight excluding hydrogens is 685 g/mol. The lowest BCUT2D eigenvalue weighted by Crippen LogP contribution is -2.12. The van der Waals surface area contributed by atoms with Gasteiger partial charge in [0.2, 0.25) is 0 Å². The van der Waals surface area contributed by atoms with Crippen LogP contribution in [0.1, 0.15) is 0 Å². The fourth-order valence-corrected chi connectivity index (χ4v) is 9.72. The third-order valence-electron chi connectivity index (χ3n) is 11.0. The molecule has 0 unspecified atom stereocenters. The molecule has 0 amide bonds. The van der Waals surface area contributed by atoms with Crippen molar-refractivity contribution in [2.45, 2.75) is 0 Å². The maximum atomic E-state index is 2.50. The molecule has 0 aliphatic carbocycles. The average Bonchev–Trinajstić information content (AvgIpc) is 3.81. The molecule has 0 fully saturated rings. The third kappa shape index (κ3) is 5.09. The fourth-order valence-electron chi connectivity index (χ4n) is 8.60. The van der Waals surface area contributed by atoms with Crippen molar-refractivity contribution in [3.05, 3.63) is 206 Å². The van der Waals surface area contributed by atoms with Crippen molar-refractivity contribution in [1.29, 1.82) is 0 Å². The molecule has 2 heterocycles. The molecule has 0 bridgehead atoms. The molecule has 0 radical (unpaired) electrons. The largest absolute Gasteiger partial charge is 0.309 e. The number of benzene rings is 9. The summed E-state index contributed by atoms with van der Waals surface area (Å²) in [6, 6.07) is 75.3. The van der Waals surface area contributed by atoms with Crippen molar-refractivity contribution in [2.24, 2.45) is 0 Å². The van der Waals surface area contributed by atoms with E-state index in [1.54, 1.807) is 0 Å². The number of nitrogens with zero attached hydrogens (tertiary/aromatic N) is 2. The van der Waals surface area contributed by atoms with Gasteiger partial charge in [0, 0.05) is 47.8 Å². The van der Waals surface area contributed by atoms with Gasteiger partial charge in [-0.3, -0.25) is 0 Å². The van der Waals surface area contributed by atoms with Crippen LogP contribution in [0.2, 0.25) is 0 Å². The number of rotatable bonds is 6. The Balaban J connectivity index is 1.25. The number of fused-ring (bicyclic) bond motifs is 7. The van der Waals surface area contributed by atoms with E-state index in [-0.39, 0.29) is 0 Å². The van der Waals surface area contributed by atoms with Gasteiger partial charge in [-0.15, -0.1) is 11.3 Å². The molecule has 0 saturated heterocycles. The van der Waals surface area contributed by atoms with E-state index in [1.807, 2.05) is 11.3 Å². The average molecular weight is 719 g/mol. The molecule has 0 spiro atoms. The zero-order valence-electron chi connectivity index (χ0n) is 29.9. The Hall–Kier alpha value is -6.94. The summed E-state index contributed by atoms with van der Waals surface area (Å²) in [4.78, 5) is 2.50. The van der Waals surface area contributed by atoms with Crippen LogP contribution in [0.5, 0.6) is 0 Å². The first-order chi connectivity index (χ1) is 27.3. The lowest BCUT2D eigenvalue weighted by atomic mass is 9.93. The topological polar surface area (TPSA) is 8.17 Å². The molecule has 11 rings (SSSR count). The minimum atomic E-state index is 1.11. The summed E-state index contributed by atoms with van der Waals surface area (Å²) in [5, 5.41) is 7.47. The molecule has 2 nitrogen and oxygen atoms in total. The molecular formula is C52H34N2S. The van der Waals surface area contributed by atoms with Crippen LogP contribution >= 0.6 is 11.3 Å². The van der Waals surface area contributed by atoms with Gasteiger partial charge in [0.1, 0.15) is 0 Å². The number of para-hydroxylation sites is 3. The van der Waals surface area contributed by atoms with Crippen LogP contribution in [0.4, 0.5) is 17.1 Å². The first-order valence-corrected chi connectivity index (χ1v) is 19.6. The van der Waals surface area contributed by atoms with Gasteiger partial charge >= 0.3 is 0 Å². The molecule has 258 valence electrons. The zero-order chi connectivity index (χ0) is 36.3. The van der Waals surface area contributed by atoms with Gasteiger partial charge in [-0.1, -0.05) is 152 Å². The maximum absolute atomic E-state index is 2.50. The number of aromatic nitrogens is 1. The van der Waals surface area contributed by atoms with Crippen LogP contribution in [0.3, 0.4) is 0 Å². The van der Waals surface area contributed by atoms with E-state index in [1.165, 1.54) is 69.4 Å². The Morgan fingerprint density at radius 3 is 1.82 bits per heavy atom. The van der Waals surface area contributed by atoms with Gasteiger partial charge in [-0.25, -0.2) is 0 Å². The second-order valence-electron chi connectivity index (χ2n) is 14.1. The lowest BCUT2D eigenvalue weighted by molar-refractivity contribution is 1.18. The quantitative estimate of drug-likeness (QED) is 0.166. The van der Waals surface area contributed by atoms with Gasteiger partial charge in [-0.05, 0) is 76.5 Å². The minimum Gasteiger partial charge on any atom is -0.309 e. The smallest absolute Gasteiger partial charge is 0.0555 e. The van der Waals surface area contributed by atoms with Crippen LogP contribution in [-0.4, -0.2) is 4.57 Å². The molecule has 0 aliphatic rings. The summed E-state index contributed by atoms with van der Waals surface area (Å²) >= 11 is 1.86. The first-order valence-electron chi connectivity index (χ1n) is 18.8. The Labute approximate surface area is 323 Å². The van der Waals surface area contributed by atoms with Gasteiger partial charge in [0.15, 0.2) is 0 Å².